The number of furan rings is 1. The zero-order valence-corrected chi connectivity index (χ0v) is 10.8. The average Bonchev–Trinajstić information content (AvgIpc) is 3.05. The van der Waals surface area contributed by atoms with Gasteiger partial charge in [0.2, 0.25) is 0 Å². The molecule has 108 valence electrons. The van der Waals surface area contributed by atoms with Crippen molar-refractivity contribution >= 4 is 11.4 Å². The second kappa shape index (κ2) is 4.47. The number of aromatic nitrogens is 2. The van der Waals surface area contributed by atoms with Crippen LogP contribution in [0.2, 0.25) is 0 Å². The maximum absolute atomic E-state index is 13.2. The largest absolute Gasteiger partial charge is 0.472 e. The van der Waals surface area contributed by atoms with E-state index in [1.165, 1.54) is 36.2 Å². The minimum absolute atomic E-state index is 0.00940. The van der Waals surface area contributed by atoms with Gasteiger partial charge in [-0.15, -0.1) is 0 Å². The van der Waals surface area contributed by atoms with Gasteiger partial charge < -0.3 is 8.82 Å². The molecule has 3 aromatic heterocycles. The number of hydrogen-bond acceptors (Lipinski definition) is 3. The van der Waals surface area contributed by atoms with E-state index in [1.54, 1.807) is 6.07 Å². The molecule has 0 aliphatic heterocycles. The molecule has 4 nitrogen and oxygen atoms in total. The monoisotopic (exact) mass is 294 g/mol. The summed E-state index contributed by atoms with van der Waals surface area (Å²) < 4.78 is 45.7. The third-order valence-electron chi connectivity index (χ3n) is 3.07. The van der Waals surface area contributed by atoms with E-state index < -0.39 is 17.5 Å². The number of carbonyl (C=O) groups is 1. The number of hydrogen-bond donors (Lipinski definition) is 0. The van der Waals surface area contributed by atoms with Crippen molar-refractivity contribution < 1.29 is 22.4 Å². The first-order valence-electron chi connectivity index (χ1n) is 6.00. The Bertz CT molecular complexity index is 817. The normalized spacial score (nSPS) is 12.0. The predicted molar refractivity (Wildman–Crippen MR) is 67.9 cm³/mol. The highest BCUT2D eigenvalue weighted by molar-refractivity contribution is 5.92. The van der Waals surface area contributed by atoms with Crippen molar-refractivity contribution in [1.82, 2.24) is 9.38 Å². The van der Waals surface area contributed by atoms with Gasteiger partial charge in [0, 0.05) is 30.4 Å². The zero-order valence-electron chi connectivity index (χ0n) is 10.8. The summed E-state index contributed by atoms with van der Waals surface area (Å²) in [5, 5.41) is 0. The van der Waals surface area contributed by atoms with Crippen LogP contribution in [0.5, 0.6) is 0 Å². The van der Waals surface area contributed by atoms with E-state index in [9.17, 15) is 18.0 Å². The van der Waals surface area contributed by atoms with Crippen molar-refractivity contribution in [2.45, 2.75) is 13.1 Å². The Hall–Kier alpha value is -2.57. The van der Waals surface area contributed by atoms with Crippen LogP contribution in [-0.4, -0.2) is 15.2 Å². The minimum Gasteiger partial charge on any atom is -0.472 e. The van der Waals surface area contributed by atoms with Crippen LogP contribution in [0.1, 0.15) is 23.0 Å². The number of pyridine rings is 1. The number of ketones is 1. The SMILES string of the molecule is CC(=O)c1cn2cc(-c3ccoc3)cc(C(F)(F)F)c2n1. The van der Waals surface area contributed by atoms with E-state index in [2.05, 4.69) is 4.98 Å². The fraction of sp³-hybridized carbons (Fsp3) is 0.143. The van der Waals surface area contributed by atoms with Gasteiger partial charge in [0.1, 0.15) is 11.3 Å². The molecule has 0 amide bonds. The molecule has 0 aromatic carbocycles. The topological polar surface area (TPSA) is 47.5 Å². The van der Waals surface area contributed by atoms with Gasteiger partial charge in [0.15, 0.2) is 5.78 Å². The summed E-state index contributed by atoms with van der Waals surface area (Å²) in [6.07, 6.45) is 0.928. The van der Waals surface area contributed by atoms with Crippen molar-refractivity contribution in [3.05, 3.63) is 48.3 Å². The second-order valence-electron chi connectivity index (χ2n) is 4.57. The summed E-state index contributed by atoms with van der Waals surface area (Å²) >= 11 is 0. The Balaban J connectivity index is 2.32. The molecule has 0 aliphatic rings. The predicted octanol–water partition coefficient (Wildman–Crippen LogP) is 3.82. The minimum atomic E-state index is -4.57. The molecule has 21 heavy (non-hydrogen) atoms. The molecule has 7 heteroatoms. The molecule has 0 radical (unpaired) electrons. The lowest BCUT2D eigenvalue weighted by atomic mass is 10.1. The molecule has 3 heterocycles. The van der Waals surface area contributed by atoms with Crippen LogP contribution in [0.3, 0.4) is 0 Å². The molecule has 0 N–H and O–H groups in total. The Morgan fingerprint density at radius 3 is 2.62 bits per heavy atom. The number of rotatable bonds is 2. The van der Waals surface area contributed by atoms with Gasteiger partial charge in [0.05, 0.1) is 18.1 Å². The summed E-state index contributed by atoms with van der Waals surface area (Å²) in [6, 6.07) is 2.56. The Labute approximate surface area is 116 Å². The lowest BCUT2D eigenvalue weighted by Crippen LogP contribution is -2.08. The fourth-order valence-corrected chi connectivity index (χ4v) is 2.06. The van der Waals surface area contributed by atoms with Crippen molar-refractivity contribution in [1.29, 1.82) is 0 Å². The van der Waals surface area contributed by atoms with Gasteiger partial charge in [0.25, 0.3) is 0 Å². The Morgan fingerprint density at radius 2 is 2.05 bits per heavy atom. The van der Waals surface area contributed by atoms with Gasteiger partial charge in [-0.2, -0.15) is 13.2 Å². The summed E-state index contributed by atoms with van der Waals surface area (Å²) in [5.41, 5.74) is -0.352. The maximum Gasteiger partial charge on any atom is 0.420 e. The number of nitrogens with zero attached hydrogens (tertiary/aromatic N) is 2. The first-order chi connectivity index (χ1) is 9.86. The third-order valence-corrected chi connectivity index (χ3v) is 3.07. The van der Waals surface area contributed by atoms with E-state index in [4.69, 9.17) is 4.42 Å². The quantitative estimate of drug-likeness (QED) is 0.675. The van der Waals surface area contributed by atoms with Crippen molar-refractivity contribution in [2.75, 3.05) is 0 Å². The van der Waals surface area contributed by atoms with Crippen LogP contribution in [0.4, 0.5) is 13.2 Å². The lowest BCUT2D eigenvalue weighted by Gasteiger charge is -2.10. The second-order valence-corrected chi connectivity index (χ2v) is 4.57. The first-order valence-corrected chi connectivity index (χ1v) is 6.00. The highest BCUT2D eigenvalue weighted by atomic mass is 19.4. The fourth-order valence-electron chi connectivity index (χ4n) is 2.06. The zero-order chi connectivity index (χ0) is 15.2. The first kappa shape index (κ1) is 13.4. The van der Waals surface area contributed by atoms with Crippen LogP contribution < -0.4 is 0 Å². The maximum atomic E-state index is 13.2. The number of Topliss-reactive ketones (excluding diaryl/α,β-unsaturated/α-hetero) is 1. The average molecular weight is 294 g/mol. The van der Waals surface area contributed by atoms with Gasteiger partial charge in [-0.1, -0.05) is 0 Å². The lowest BCUT2D eigenvalue weighted by molar-refractivity contribution is -0.136. The van der Waals surface area contributed by atoms with Gasteiger partial charge >= 0.3 is 6.18 Å². The molecule has 0 bridgehead atoms. The van der Waals surface area contributed by atoms with E-state index in [0.29, 0.717) is 11.1 Å². The molecular formula is C14H9F3N2O2. The molecule has 0 spiro atoms. The van der Waals surface area contributed by atoms with E-state index >= 15 is 0 Å². The standard InChI is InChI=1S/C14H9F3N2O2/c1-8(20)12-6-19-5-10(9-2-3-21-7-9)4-11(13(19)18-12)14(15,16)17/h2-7H,1H3. The molecular weight excluding hydrogens is 285 g/mol. The molecule has 0 unspecified atom stereocenters. The van der Waals surface area contributed by atoms with Gasteiger partial charge in [-0.3, -0.25) is 4.79 Å². The van der Waals surface area contributed by atoms with E-state index in [-0.39, 0.29) is 11.3 Å². The smallest absolute Gasteiger partial charge is 0.420 e. The van der Waals surface area contributed by atoms with Crippen LogP contribution in [0, 0.1) is 0 Å². The number of halogens is 3. The summed E-state index contributed by atoms with van der Waals surface area (Å²) in [4.78, 5) is 15.1. The summed E-state index contributed by atoms with van der Waals surface area (Å²) in [5.74, 6) is -0.392. The van der Waals surface area contributed by atoms with Crippen molar-refractivity contribution in [3.63, 3.8) is 0 Å². The Kier molecular flexibility index (Phi) is 2.86. The van der Waals surface area contributed by atoms with Crippen LogP contribution in [0.15, 0.2) is 41.5 Å². The van der Waals surface area contributed by atoms with Gasteiger partial charge in [-0.25, -0.2) is 4.98 Å². The summed E-state index contributed by atoms with van der Waals surface area (Å²) in [6.45, 7) is 1.26. The highest BCUT2D eigenvalue weighted by Gasteiger charge is 2.35. The van der Waals surface area contributed by atoms with E-state index in [0.717, 1.165) is 6.07 Å². The van der Waals surface area contributed by atoms with Crippen LogP contribution >= 0.6 is 0 Å². The molecule has 0 fully saturated rings. The molecule has 0 saturated heterocycles. The molecule has 0 atom stereocenters. The Morgan fingerprint density at radius 1 is 1.29 bits per heavy atom. The van der Waals surface area contributed by atoms with Crippen molar-refractivity contribution in [2.24, 2.45) is 0 Å². The molecule has 3 rings (SSSR count). The number of carbonyl (C=O) groups excluding carboxylic acids is 1. The van der Waals surface area contributed by atoms with Crippen LogP contribution in [-0.2, 0) is 6.18 Å². The molecule has 3 aromatic rings. The number of imidazole rings is 1. The summed E-state index contributed by atoms with van der Waals surface area (Å²) in [7, 11) is 0. The molecule has 0 aliphatic carbocycles. The van der Waals surface area contributed by atoms with E-state index in [1.807, 2.05) is 0 Å². The number of alkyl halides is 3. The van der Waals surface area contributed by atoms with Crippen LogP contribution in [0.25, 0.3) is 16.8 Å². The van der Waals surface area contributed by atoms with Gasteiger partial charge in [-0.05, 0) is 12.1 Å². The molecule has 0 saturated carbocycles. The van der Waals surface area contributed by atoms with Crippen molar-refractivity contribution in [3.8, 4) is 11.1 Å². The number of fused-ring (bicyclic) bond motifs is 1. The third kappa shape index (κ3) is 2.31. The highest BCUT2D eigenvalue weighted by Crippen LogP contribution is 2.35.